The number of fused-ring (bicyclic) bond motifs is 1. The topological polar surface area (TPSA) is 59.1 Å². The van der Waals surface area contributed by atoms with Gasteiger partial charge in [-0.2, -0.15) is 0 Å². The van der Waals surface area contributed by atoms with Gasteiger partial charge in [0.1, 0.15) is 0 Å². The summed E-state index contributed by atoms with van der Waals surface area (Å²) in [6.45, 7) is 2.65. The Morgan fingerprint density at radius 2 is 2.20 bits per heavy atom. The SMILES string of the molecule is Cc1nc(CNC2CCS(=O)(=O)c3ccccc32)cs1. The van der Waals surface area contributed by atoms with E-state index in [1.54, 1.807) is 23.5 Å². The van der Waals surface area contributed by atoms with Crippen LogP contribution >= 0.6 is 11.3 Å². The Bertz CT molecular complexity index is 722. The van der Waals surface area contributed by atoms with Crippen molar-refractivity contribution in [1.29, 1.82) is 0 Å². The molecule has 0 amide bonds. The van der Waals surface area contributed by atoms with Gasteiger partial charge >= 0.3 is 0 Å². The first kappa shape index (κ1) is 13.7. The van der Waals surface area contributed by atoms with E-state index in [1.165, 1.54) is 0 Å². The normalized spacial score (nSPS) is 20.6. The van der Waals surface area contributed by atoms with E-state index in [2.05, 4.69) is 10.3 Å². The van der Waals surface area contributed by atoms with Crippen LogP contribution in [0.15, 0.2) is 34.5 Å². The second-order valence-electron chi connectivity index (χ2n) is 4.94. The number of nitrogens with zero attached hydrogens (tertiary/aromatic N) is 1. The first-order valence-corrected chi connectivity index (χ1v) is 9.05. The summed E-state index contributed by atoms with van der Waals surface area (Å²) in [5.41, 5.74) is 1.89. The molecule has 0 fully saturated rings. The maximum atomic E-state index is 12.1. The van der Waals surface area contributed by atoms with Crippen LogP contribution < -0.4 is 5.32 Å². The van der Waals surface area contributed by atoms with Gasteiger partial charge < -0.3 is 5.32 Å². The third kappa shape index (κ3) is 2.63. The number of sulfone groups is 1. The number of hydrogen-bond acceptors (Lipinski definition) is 5. The molecule has 0 radical (unpaired) electrons. The Hall–Kier alpha value is -1.24. The Kier molecular flexibility index (Phi) is 3.62. The smallest absolute Gasteiger partial charge is 0.178 e. The average Bonchev–Trinajstić information content (AvgIpc) is 2.84. The largest absolute Gasteiger partial charge is 0.304 e. The zero-order chi connectivity index (χ0) is 14.2. The van der Waals surface area contributed by atoms with Crippen molar-refractivity contribution < 1.29 is 8.42 Å². The molecule has 1 atom stereocenters. The van der Waals surface area contributed by atoms with Gasteiger partial charge in [-0.1, -0.05) is 18.2 Å². The lowest BCUT2D eigenvalue weighted by Crippen LogP contribution is -2.29. The minimum Gasteiger partial charge on any atom is -0.304 e. The first-order chi connectivity index (χ1) is 9.56. The summed E-state index contributed by atoms with van der Waals surface area (Å²) in [4.78, 5) is 4.89. The van der Waals surface area contributed by atoms with Gasteiger partial charge in [-0.3, -0.25) is 0 Å². The van der Waals surface area contributed by atoms with Gasteiger partial charge in [0, 0.05) is 18.0 Å². The predicted octanol–water partition coefficient (Wildman–Crippen LogP) is 2.46. The van der Waals surface area contributed by atoms with Crippen LogP contribution in [0, 0.1) is 6.92 Å². The summed E-state index contributed by atoms with van der Waals surface area (Å²) in [6, 6.07) is 7.35. The molecular formula is C14H16N2O2S2. The van der Waals surface area contributed by atoms with Crippen molar-refractivity contribution >= 4 is 21.2 Å². The maximum absolute atomic E-state index is 12.1. The number of rotatable bonds is 3. The lowest BCUT2D eigenvalue weighted by Gasteiger charge is -2.26. The van der Waals surface area contributed by atoms with E-state index in [9.17, 15) is 8.42 Å². The monoisotopic (exact) mass is 308 g/mol. The molecule has 1 aliphatic rings. The minimum absolute atomic E-state index is 0.0803. The molecule has 1 unspecified atom stereocenters. The quantitative estimate of drug-likeness (QED) is 0.946. The predicted molar refractivity (Wildman–Crippen MR) is 79.5 cm³/mol. The molecule has 4 nitrogen and oxygen atoms in total. The van der Waals surface area contributed by atoms with E-state index in [0.717, 1.165) is 16.3 Å². The molecule has 1 aliphatic heterocycles. The number of aryl methyl sites for hydroxylation is 1. The molecule has 1 N–H and O–H groups in total. The molecule has 3 rings (SSSR count). The highest BCUT2D eigenvalue weighted by Crippen LogP contribution is 2.32. The molecule has 0 saturated heterocycles. The van der Waals surface area contributed by atoms with Gasteiger partial charge in [-0.25, -0.2) is 13.4 Å². The van der Waals surface area contributed by atoms with E-state index in [4.69, 9.17) is 0 Å². The van der Waals surface area contributed by atoms with E-state index in [1.807, 2.05) is 24.4 Å². The Morgan fingerprint density at radius 1 is 1.40 bits per heavy atom. The number of aromatic nitrogens is 1. The molecule has 6 heteroatoms. The average molecular weight is 308 g/mol. The highest BCUT2D eigenvalue weighted by Gasteiger charge is 2.29. The molecule has 0 aliphatic carbocycles. The highest BCUT2D eigenvalue weighted by molar-refractivity contribution is 7.91. The van der Waals surface area contributed by atoms with Crippen molar-refractivity contribution in [3.8, 4) is 0 Å². The van der Waals surface area contributed by atoms with Crippen molar-refractivity contribution in [2.75, 3.05) is 5.75 Å². The molecule has 106 valence electrons. The van der Waals surface area contributed by atoms with Crippen molar-refractivity contribution in [2.24, 2.45) is 0 Å². The number of thiazole rings is 1. The van der Waals surface area contributed by atoms with Crippen molar-refractivity contribution in [1.82, 2.24) is 10.3 Å². The van der Waals surface area contributed by atoms with Gasteiger partial charge in [0.15, 0.2) is 9.84 Å². The maximum Gasteiger partial charge on any atom is 0.178 e. The van der Waals surface area contributed by atoms with Crippen LogP contribution in [0.4, 0.5) is 0 Å². The van der Waals surface area contributed by atoms with E-state index >= 15 is 0 Å². The zero-order valence-electron chi connectivity index (χ0n) is 11.2. The van der Waals surface area contributed by atoms with Crippen LogP contribution in [0.1, 0.15) is 28.7 Å². The fraction of sp³-hybridized carbons (Fsp3) is 0.357. The van der Waals surface area contributed by atoms with E-state index < -0.39 is 9.84 Å². The van der Waals surface area contributed by atoms with Gasteiger partial charge in [0.25, 0.3) is 0 Å². The van der Waals surface area contributed by atoms with Crippen LogP contribution in [0.5, 0.6) is 0 Å². The first-order valence-electron chi connectivity index (χ1n) is 6.52. The zero-order valence-corrected chi connectivity index (χ0v) is 12.8. The summed E-state index contributed by atoms with van der Waals surface area (Å²) in [6.07, 6.45) is 0.614. The van der Waals surface area contributed by atoms with Crippen LogP contribution in [-0.2, 0) is 16.4 Å². The molecule has 0 spiro atoms. The Balaban J connectivity index is 1.82. The molecule has 1 aromatic carbocycles. The number of nitrogens with one attached hydrogen (secondary N) is 1. The third-order valence-corrected chi connectivity index (χ3v) is 6.14. The molecule has 0 bridgehead atoms. The molecule has 0 saturated carbocycles. The van der Waals surface area contributed by atoms with Gasteiger partial charge in [0.05, 0.1) is 21.3 Å². The fourth-order valence-electron chi connectivity index (χ4n) is 2.52. The van der Waals surface area contributed by atoms with Crippen LogP contribution in [0.2, 0.25) is 0 Å². The molecular weight excluding hydrogens is 292 g/mol. The number of benzene rings is 1. The Labute approximate surface area is 122 Å². The van der Waals surface area contributed by atoms with Crippen LogP contribution in [-0.4, -0.2) is 19.2 Å². The van der Waals surface area contributed by atoms with Crippen molar-refractivity contribution in [3.63, 3.8) is 0 Å². The lowest BCUT2D eigenvalue weighted by molar-refractivity contribution is 0.489. The van der Waals surface area contributed by atoms with Crippen LogP contribution in [0.3, 0.4) is 0 Å². The highest BCUT2D eigenvalue weighted by atomic mass is 32.2. The molecule has 2 aromatic rings. The second-order valence-corrected chi connectivity index (χ2v) is 8.08. The van der Waals surface area contributed by atoms with Crippen molar-refractivity contribution in [2.45, 2.75) is 30.8 Å². The third-order valence-electron chi connectivity index (χ3n) is 3.50. The lowest BCUT2D eigenvalue weighted by atomic mass is 10.0. The molecule has 20 heavy (non-hydrogen) atoms. The van der Waals surface area contributed by atoms with Crippen LogP contribution in [0.25, 0.3) is 0 Å². The summed E-state index contributed by atoms with van der Waals surface area (Å²) >= 11 is 1.63. The summed E-state index contributed by atoms with van der Waals surface area (Å²) in [7, 11) is -3.11. The summed E-state index contributed by atoms with van der Waals surface area (Å²) in [5.74, 6) is 0.206. The molecule has 1 aromatic heterocycles. The standard InChI is InChI=1S/C14H16N2O2S2/c1-10-16-11(9-19-10)8-15-13-6-7-20(17,18)14-5-3-2-4-12(13)14/h2-5,9,13,15H,6-8H2,1H3. The number of hydrogen-bond donors (Lipinski definition) is 1. The Morgan fingerprint density at radius 3 is 2.95 bits per heavy atom. The molecule has 2 heterocycles. The summed E-state index contributed by atoms with van der Waals surface area (Å²) in [5, 5.41) is 6.51. The van der Waals surface area contributed by atoms with Crippen molar-refractivity contribution in [3.05, 3.63) is 45.9 Å². The van der Waals surface area contributed by atoms with Gasteiger partial charge in [-0.05, 0) is 25.0 Å². The van der Waals surface area contributed by atoms with Gasteiger partial charge in [0.2, 0.25) is 0 Å². The van der Waals surface area contributed by atoms with Gasteiger partial charge in [-0.15, -0.1) is 11.3 Å². The fourth-order valence-corrected chi connectivity index (χ4v) is 4.75. The van der Waals surface area contributed by atoms with E-state index in [-0.39, 0.29) is 11.8 Å². The van der Waals surface area contributed by atoms with E-state index in [0.29, 0.717) is 17.9 Å². The second kappa shape index (κ2) is 5.27. The minimum atomic E-state index is -3.11. The summed E-state index contributed by atoms with van der Waals surface area (Å²) < 4.78 is 24.1.